The molecule has 0 atom stereocenters. The van der Waals surface area contributed by atoms with Crippen molar-refractivity contribution in [2.24, 2.45) is 5.41 Å². The Hall–Kier alpha value is -3.18. The lowest BCUT2D eigenvalue weighted by atomic mass is 9.87. The molecular weight excluding hydrogens is 427 g/mol. The summed E-state index contributed by atoms with van der Waals surface area (Å²) in [6, 6.07) is 0.667. The monoisotopic (exact) mass is 453 g/mol. The number of amides is 1. The maximum atomic E-state index is 13.0. The first kappa shape index (κ1) is 23.5. The molecule has 1 fully saturated rings. The van der Waals surface area contributed by atoms with Crippen molar-refractivity contribution in [2.75, 3.05) is 42.9 Å². The van der Waals surface area contributed by atoms with Gasteiger partial charge in [-0.15, -0.1) is 0 Å². The van der Waals surface area contributed by atoms with E-state index in [1.165, 1.54) is 0 Å². The Balaban J connectivity index is 1.53. The number of aromatic amines is 1. The topological polar surface area (TPSA) is 107 Å². The summed E-state index contributed by atoms with van der Waals surface area (Å²) in [5.74, 6) is 0.499. The molecule has 3 rings (SSSR count). The van der Waals surface area contributed by atoms with Crippen LogP contribution in [0.25, 0.3) is 0 Å². The quantitative estimate of drug-likeness (QED) is 0.690. The number of aromatic nitrogens is 4. The number of nitrogens with one attached hydrogen (secondary N) is 2. The molecule has 0 aliphatic carbocycles. The van der Waals surface area contributed by atoms with Crippen molar-refractivity contribution >= 4 is 17.7 Å². The van der Waals surface area contributed by atoms with E-state index in [0.29, 0.717) is 44.6 Å². The van der Waals surface area contributed by atoms with E-state index >= 15 is 0 Å². The molecule has 12 heteroatoms. The molecule has 2 aromatic heterocycles. The molecule has 32 heavy (non-hydrogen) atoms. The minimum Gasteiger partial charge on any atom is -0.369 e. The highest BCUT2D eigenvalue weighted by Crippen LogP contribution is 2.28. The van der Waals surface area contributed by atoms with Crippen LogP contribution in [0.2, 0.25) is 0 Å². The first-order valence-electron chi connectivity index (χ1n) is 10.2. The Kier molecular flexibility index (Phi) is 6.70. The Morgan fingerprint density at radius 3 is 2.38 bits per heavy atom. The number of alkyl halides is 3. The molecule has 1 aliphatic rings. The minimum absolute atomic E-state index is 0.0332. The van der Waals surface area contributed by atoms with Crippen LogP contribution in [0.15, 0.2) is 23.3 Å². The van der Waals surface area contributed by atoms with Crippen molar-refractivity contribution < 1.29 is 18.0 Å². The SMILES string of the molecule is Cc1cnc(N2CCN(C(=O)C(C)(C)CCNc3cc(C(F)(F)F)c(=O)[nH]n3)CC2)nc1. The third-order valence-corrected chi connectivity index (χ3v) is 5.36. The van der Waals surface area contributed by atoms with E-state index in [2.05, 4.69) is 20.4 Å². The lowest BCUT2D eigenvalue weighted by Gasteiger charge is -2.38. The summed E-state index contributed by atoms with van der Waals surface area (Å²) in [5.41, 5.74) is -2.37. The minimum atomic E-state index is -4.77. The molecular formula is C20H26F3N7O2. The second kappa shape index (κ2) is 9.13. The summed E-state index contributed by atoms with van der Waals surface area (Å²) >= 11 is 0. The van der Waals surface area contributed by atoms with E-state index < -0.39 is 22.7 Å². The molecule has 0 unspecified atom stereocenters. The van der Waals surface area contributed by atoms with Gasteiger partial charge < -0.3 is 15.1 Å². The molecule has 1 amide bonds. The van der Waals surface area contributed by atoms with Gasteiger partial charge in [-0.3, -0.25) is 9.59 Å². The van der Waals surface area contributed by atoms with E-state index in [9.17, 15) is 22.8 Å². The average Bonchev–Trinajstić information content (AvgIpc) is 2.74. The maximum Gasteiger partial charge on any atom is 0.421 e. The number of halogens is 3. The highest BCUT2D eigenvalue weighted by molar-refractivity contribution is 5.82. The third kappa shape index (κ3) is 5.54. The summed E-state index contributed by atoms with van der Waals surface area (Å²) < 4.78 is 38.6. The van der Waals surface area contributed by atoms with Crippen LogP contribution in [0.4, 0.5) is 24.9 Å². The van der Waals surface area contributed by atoms with Gasteiger partial charge in [0, 0.05) is 56.6 Å². The number of hydrogen-bond acceptors (Lipinski definition) is 7. The van der Waals surface area contributed by atoms with Crippen LogP contribution in [-0.4, -0.2) is 63.7 Å². The van der Waals surface area contributed by atoms with Gasteiger partial charge in [0.05, 0.1) is 0 Å². The molecule has 0 radical (unpaired) electrons. The molecule has 1 saturated heterocycles. The van der Waals surface area contributed by atoms with Crippen LogP contribution in [-0.2, 0) is 11.0 Å². The number of piperazine rings is 1. The summed E-state index contributed by atoms with van der Waals surface area (Å²) in [6.07, 6.45) is -0.890. The van der Waals surface area contributed by atoms with Crippen LogP contribution in [0.3, 0.4) is 0 Å². The van der Waals surface area contributed by atoms with Gasteiger partial charge in [-0.25, -0.2) is 15.1 Å². The molecule has 1 aliphatic heterocycles. The number of hydrogen-bond donors (Lipinski definition) is 2. The van der Waals surface area contributed by atoms with Crippen LogP contribution >= 0.6 is 0 Å². The predicted molar refractivity (Wildman–Crippen MR) is 112 cm³/mol. The molecule has 0 aromatic carbocycles. The summed E-state index contributed by atoms with van der Waals surface area (Å²) in [5, 5.41) is 8.18. The van der Waals surface area contributed by atoms with Crippen LogP contribution in [0.5, 0.6) is 0 Å². The molecule has 0 saturated carbocycles. The van der Waals surface area contributed by atoms with Gasteiger partial charge in [-0.1, -0.05) is 13.8 Å². The predicted octanol–water partition coefficient (Wildman–Crippen LogP) is 2.06. The fourth-order valence-electron chi connectivity index (χ4n) is 3.40. The van der Waals surface area contributed by atoms with Gasteiger partial charge in [0.1, 0.15) is 11.4 Å². The Labute approximate surface area is 183 Å². The van der Waals surface area contributed by atoms with E-state index in [1.807, 2.05) is 16.9 Å². The zero-order valence-electron chi connectivity index (χ0n) is 18.2. The fraction of sp³-hybridized carbons (Fsp3) is 0.550. The van der Waals surface area contributed by atoms with Gasteiger partial charge in [-0.05, 0) is 18.9 Å². The van der Waals surface area contributed by atoms with E-state index in [0.717, 1.165) is 5.56 Å². The highest BCUT2D eigenvalue weighted by atomic mass is 19.4. The molecule has 2 N–H and O–H groups in total. The molecule has 2 aromatic rings. The summed E-state index contributed by atoms with van der Waals surface area (Å²) in [7, 11) is 0. The second-order valence-electron chi connectivity index (χ2n) is 8.39. The smallest absolute Gasteiger partial charge is 0.369 e. The van der Waals surface area contributed by atoms with Crippen molar-refractivity contribution in [2.45, 2.75) is 33.4 Å². The molecule has 0 spiro atoms. The first-order valence-corrected chi connectivity index (χ1v) is 10.2. The van der Waals surface area contributed by atoms with E-state index in [4.69, 9.17) is 0 Å². The number of aryl methyl sites for hydroxylation is 1. The van der Waals surface area contributed by atoms with Crippen molar-refractivity contribution in [1.29, 1.82) is 0 Å². The standard InChI is InChI=1S/C20H26F3N7O2/c1-13-11-25-18(26-12-13)30-8-6-29(7-9-30)17(32)19(2,3)4-5-24-15-10-14(20(21,22)23)16(31)28-27-15/h10-12H,4-9H2,1-3H3,(H,24,27)(H,28,31). The number of anilines is 2. The Morgan fingerprint density at radius 1 is 1.16 bits per heavy atom. The van der Waals surface area contributed by atoms with E-state index in [1.54, 1.807) is 31.1 Å². The van der Waals surface area contributed by atoms with Gasteiger partial charge in [0.25, 0.3) is 5.56 Å². The zero-order valence-corrected chi connectivity index (χ0v) is 18.2. The average molecular weight is 453 g/mol. The van der Waals surface area contributed by atoms with Crippen LogP contribution in [0, 0.1) is 12.3 Å². The largest absolute Gasteiger partial charge is 0.421 e. The first-order chi connectivity index (χ1) is 15.0. The van der Waals surface area contributed by atoms with Crippen LogP contribution < -0.4 is 15.8 Å². The summed E-state index contributed by atoms with van der Waals surface area (Å²) in [6.45, 7) is 8.02. The molecule has 174 valence electrons. The van der Waals surface area contributed by atoms with Gasteiger partial charge in [-0.2, -0.15) is 18.3 Å². The summed E-state index contributed by atoms with van der Waals surface area (Å²) in [4.78, 5) is 36.8. The van der Waals surface area contributed by atoms with Crippen molar-refractivity contribution in [3.63, 3.8) is 0 Å². The molecule has 3 heterocycles. The van der Waals surface area contributed by atoms with Gasteiger partial charge in [0.15, 0.2) is 0 Å². The zero-order chi connectivity index (χ0) is 23.5. The Morgan fingerprint density at radius 2 is 1.78 bits per heavy atom. The maximum absolute atomic E-state index is 13.0. The van der Waals surface area contributed by atoms with Gasteiger partial charge in [0.2, 0.25) is 11.9 Å². The number of carbonyl (C=O) groups excluding carboxylic acids is 1. The highest BCUT2D eigenvalue weighted by Gasteiger charge is 2.35. The van der Waals surface area contributed by atoms with Crippen molar-refractivity contribution in [3.05, 3.63) is 39.9 Å². The third-order valence-electron chi connectivity index (χ3n) is 5.36. The number of rotatable bonds is 6. The molecule has 0 bridgehead atoms. The lowest BCUT2D eigenvalue weighted by molar-refractivity contribution is -0.141. The van der Waals surface area contributed by atoms with Gasteiger partial charge >= 0.3 is 6.18 Å². The second-order valence-corrected chi connectivity index (χ2v) is 8.39. The van der Waals surface area contributed by atoms with Crippen molar-refractivity contribution in [1.82, 2.24) is 25.1 Å². The van der Waals surface area contributed by atoms with Crippen LogP contribution in [0.1, 0.15) is 31.4 Å². The fourth-order valence-corrected chi connectivity index (χ4v) is 3.40. The molecule has 9 nitrogen and oxygen atoms in total. The number of H-pyrrole nitrogens is 1. The van der Waals surface area contributed by atoms with E-state index in [-0.39, 0.29) is 18.3 Å². The number of carbonyl (C=O) groups is 1. The normalized spacial score (nSPS) is 15.1. The van der Waals surface area contributed by atoms with Crippen molar-refractivity contribution in [3.8, 4) is 0 Å². The Bertz CT molecular complexity index is 997. The number of nitrogens with zero attached hydrogens (tertiary/aromatic N) is 5. The lowest BCUT2D eigenvalue weighted by Crippen LogP contribution is -2.52.